The van der Waals surface area contributed by atoms with Gasteiger partial charge in [0.25, 0.3) is 0 Å². The van der Waals surface area contributed by atoms with Gasteiger partial charge in [0.1, 0.15) is 0 Å². The lowest BCUT2D eigenvalue weighted by Gasteiger charge is -2.06. The molecule has 0 fully saturated rings. The van der Waals surface area contributed by atoms with Crippen molar-refractivity contribution in [2.75, 3.05) is 13.6 Å². The fourth-order valence-electron chi connectivity index (χ4n) is 1.06. The van der Waals surface area contributed by atoms with Crippen LogP contribution in [0.2, 0.25) is 0 Å². The van der Waals surface area contributed by atoms with E-state index in [4.69, 9.17) is 0 Å². The Hall–Kier alpha value is -0.300. The van der Waals surface area contributed by atoms with Crippen LogP contribution < -0.4 is 5.32 Å². The molecule has 0 aromatic carbocycles. The summed E-state index contributed by atoms with van der Waals surface area (Å²) < 4.78 is 0. The first-order valence-electron chi connectivity index (χ1n) is 4.52. The lowest BCUT2D eigenvalue weighted by Crippen LogP contribution is -2.10. The lowest BCUT2D eigenvalue weighted by molar-refractivity contribution is 0.606. The second-order valence-corrected chi connectivity index (χ2v) is 3.24. The fourth-order valence-corrected chi connectivity index (χ4v) is 1.06. The van der Waals surface area contributed by atoms with Crippen LogP contribution in [0.4, 0.5) is 0 Å². The topological polar surface area (TPSA) is 12.0 Å². The number of rotatable bonds is 5. The first-order chi connectivity index (χ1) is 5.20. The Balaban J connectivity index is 3.57. The molecule has 0 spiro atoms. The Morgan fingerprint density at radius 3 is 2.64 bits per heavy atom. The number of hydrogen-bond donors (Lipinski definition) is 1. The molecule has 11 heavy (non-hydrogen) atoms. The smallest absolute Gasteiger partial charge is 0.00464 e. The maximum Gasteiger partial charge on any atom is -0.00464 e. The van der Waals surface area contributed by atoms with Crippen LogP contribution in [0.25, 0.3) is 0 Å². The Bertz CT molecular complexity index is 116. The van der Waals surface area contributed by atoms with Crippen molar-refractivity contribution in [1.29, 1.82) is 0 Å². The summed E-state index contributed by atoms with van der Waals surface area (Å²) in [6.45, 7) is 7.80. The zero-order valence-corrected chi connectivity index (χ0v) is 8.28. The quantitative estimate of drug-likeness (QED) is 0.602. The largest absolute Gasteiger partial charge is 0.320 e. The predicted octanol–water partition coefficient (Wildman–Crippen LogP) is 2.59. The standard InChI is InChI=1S/C10H21N/c1-5-9(2)8-10(3)6-7-11-4/h8,10-11H,5-7H2,1-4H3/b9-8-. The van der Waals surface area contributed by atoms with Crippen LogP contribution in [0.5, 0.6) is 0 Å². The monoisotopic (exact) mass is 155 g/mol. The van der Waals surface area contributed by atoms with Crippen LogP contribution in [0.15, 0.2) is 11.6 Å². The van der Waals surface area contributed by atoms with E-state index < -0.39 is 0 Å². The van der Waals surface area contributed by atoms with E-state index in [2.05, 4.69) is 32.2 Å². The van der Waals surface area contributed by atoms with Gasteiger partial charge in [-0.05, 0) is 39.3 Å². The molecule has 0 aliphatic heterocycles. The molecule has 0 bridgehead atoms. The molecule has 1 heteroatoms. The molecule has 0 rings (SSSR count). The van der Waals surface area contributed by atoms with E-state index in [9.17, 15) is 0 Å². The van der Waals surface area contributed by atoms with Gasteiger partial charge in [0, 0.05) is 0 Å². The van der Waals surface area contributed by atoms with Crippen molar-refractivity contribution in [3.63, 3.8) is 0 Å². The molecule has 0 radical (unpaired) electrons. The van der Waals surface area contributed by atoms with Crippen molar-refractivity contribution in [3.05, 3.63) is 11.6 Å². The molecule has 0 aromatic rings. The van der Waals surface area contributed by atoms with E-state index in [0.717, 1.165) is 12.5 Å². The maximum absolute atomic E-state index is 3.16. The van der Waals surface area contributed by atoms with Crippen molar-refractivity contribution in [1.82, 2.24) is 5.32 Å². The first kappa shape index (κ1) is 10.7. The van der Waals surface area contributed by atoms with Gasteiger partial charge in [-0.15, -0.1) is 0 Å². The van der Waals surface area contributed by atoms with E-state index in [1.807, 2.05) is 7.05 Å². The van der Waals surface area contributed by atoms with Gasteiger partial charge in [-0.25, -0.2) is 0 Å². The zero-order valence-electron chi connectivity index (χ0n) is 8.28. The molecule has 0 aromatic heterocycles. The average molecular weight is 155 g/mol. The lowest BCUT2D eigenvalue weighted by atomic mass is 10.0. The van der Waals surface area contributed by atoms with Gasteiger partial charge >= 0.3 is 0 Å². The summed E-state index contributed by atoms with van der Waals surface area (Å²) in [6, 6.07) is 0. The van der Waals surface area contributed by atoms with E-state index in [-0.39, 0.29) is 0 Å². The minimum Gasteiger partial charge on any atom is -0.320 e. The molecule has 0 aliphatic rings. The average Bonchev–Trinajstić information content (AvgIpc) is 2.00. The normalized spacial score (nSPS) is 15.1. The van der Waals surface area contributed by atoms with E-state index in [1.54, 1.807) is 0 Å². The molecule has 0 saturated carbocycles. The molecular formula is C10H21N. The summed E-state index contributed by atoms with van der Waals surface area (Å²) in [7, 11) is 2.00. The third kappa shape index (κ3) is 6.11. The second-order valence-electron chi connectivity index (χ2n) is 3.24. The molecule has 0 aliphatic carbocycles. The molecule has 66 valence electrons. The molecule has 0 saturated heterocycles. The third-order valence-electron chi connectivity index (χ3n) is 1.98. The first-order valence-corrected chi connectivity index (χ1v) is 4.52. The Morgan fingerprint density at radius 2 is 2.18 bits per heavy atom. The summed E-state index contributed by atoms with van der Waals surface area (Å²) in [5, 5.41) is 3.16. The van der Waals surface area contributed by atoms with Crippen molar-refractivity contribution >= 4 is 0 Å². The summed E-state index contributed by atoms with van der Waals surface area (Å²) in [5.41, 5.74) is 1.51. The van der Waals surface area contributed by atoms with Gasteiger partial charge in [-0.1, -0.05) is 25.5 Å². The predicted molar refractivity (Wildman–Crippen MR) is 51.8 cm³/mol. The highest BCUT2D eigenvalue weighted by Crippen LogP contribution is 2.08. The van der Waals surface area contributed by atoms with E-state index in [0.29, 0.717) is 0 Å². The molecule has 1 atom stereocenters. The number of allylic oxidation sites excluding steroid dienone is 2. The fraction of sp³-hybridized carbons (Fsp3) is 0.800. The maximum atomic E-state index is 3.16. The van der Waals surface area contributed by atoms with Crippen LogP contribution in [0.3, 0.4) is 0 Å². The summed E-state index contributed by atoms with van der Waals surface area (Å²) in [4.78, 5) is 0. The Morgan fingerprint density at radius 1 is 1.55 bits per heavy atom. The van der Waals surface area contributed by atoms with Crippen LogP contribution in [0.1, 0.15) is 33.6 Å². The van der Waals surface area contributed by atoms with Gasteiger partial charge in [0.2, 0.25) is 0 Å². The zero-order chi connectivity index (χ0) is 8.69. The summed E-state index contributed by atoms with van der Waals surface area (Å²) in [5.74, 6) is 0.724. The van der Waals surface area contributed by atoms with Crippen LogP contribution in [-0.2, 0) is 0 Å². The Kier molecular flexibility index (Phi) is 6.24. The van der Waals surface area contributed by atoms with Crippen molar-refractivity contribution in [3.8, 4) is 0 Å². The number of nitrogens with one attached hydrogen (secondary N) is 1. The van der Waals surface area contributed by atoms with Gasteiger partial charge in [0.05, 0.1) is 0 Å². The second kappa shape index (κ2) is 6.41. The van der Waals surface area contributed by atoms with Gasteiger partial charge < -0.3 is 5.32 Å². The van der Waals surface area contributed by atoms with Crippen molar-refractivity contribution < 1.29 is 0 Å². The van der Waals surface area contributed by atoms with Crippen molar-refractivity contribution in [2.24, 2.45) is 5.92 Å². The SMILES string of the molecule is CC/C(C)=C\C(C)CCNC. The molecule has 1 nitrogen and oxygen atoms in total. The Labute approximate surface area is 70.9 Å². The minimum atomic E-state index is 0.724. The van der Waals surface area contributed by atoms with E-state index >= 15 is 0 Å². The van der Waals surface area contributed by atoms with Crippen LogP contribution in [-0.4, -0.2) is 13.6 Å². The molecule has 1 unspecified atom stereocenters. The van der Waals surface area contributed by atoms with Gasteiger partial charge in [-0.3, -0.25) is 0 Å². The van der Waals surface area contributed by atoms with Gasteiger partial charge in [-0.2, -0.15) is 0 Å². The molecule has 1 N–H and O–H groups in total. The minimum absolute atomic E-state index is 0.724. The molecular weight excluding hydrogens is 134 g/mol. The van der Waals surface area contributed by atoms with Crippen molar-refractivity contribution in [2.45, 2.75) is 33.6 Å². The van der Waals surface area contributed by atoms with Crippen LogP contribution >= 0.6 is 0 Å². The highest BCUT2D eigenvalue weighted by molar-refractivity contribution is 4.99. The molecule has 0 heterocycles. The van der Waals surface area contributed by atoms with Crippen LogP contribution in [0, 0.1) is 5.92 Å². The highest BCUT2D eigenvalue weighted by Gasteiger charge is 1.96. The number of hydrogen-bond acceptors (Lipinski definition) is 1. The summed E-state index contributed by atoms with van der Waals surface area (Å²) >= 11 is 0. The van der Waals surface area contributed by atoms with Gasteiger partial charge in [0.15, 0.2) is 0 Å². The summed E-state index contributed by atoms with van der Waals surface area (Å²) in [6.07, 6.45) is 4.80. The molecule has 0 amide bonds. The van der Waals surface area contributed by atoms with E-state index in [1.165, 1.54) is 18.4 Å². The highest BCUT2D eigenvalue weighted by atomic mass is 14.8. The third-order valence-corrected chi connectivity index (χ3v) is 1.98.